The number of hydrogen-bond donors (Lipinski definition) is 1. The summed E-state index contributed by atoms with van der Waals surface area (Å²) in [6.07, 6.45) is 4.49. The Morgan fingerprint density at radius 2 is 2.19 bits per heavy atom. The molecule has 7 heteroatoms. The minimum atomic E-state index is -0.248. The van der Waals surface area contributed by atoms with Crippen LogP contribution >= 0.6 is 0 Å². The van der Waals surface area contributed by atoms with Crippen molar-refractivity contribution in [1.29, 1.82) is 0 Å². The summed E-state index contributed by atoms with van der Waals surface area (Å²) in [5.74, 6) is 0.677. The van der Waals surface area contributed by atoms with E-state index in [0.29, 0.717) is 22.8 Å². The molecule has 4 rings (SSSR count). The first-order chi connectivity index (χ1) is 12.5. The van der Waals surface area contributed by atoms with E-state index in [0.717, 1.165) is 12.0 Å². The number of aryl methyl sites for hydroxylation is 2. The molecule has 3 aromatic rings. The number of benzene rings is 1. The fraction of sp³-hybridized carbons (Fsp3) is 0.263. The van der Waals surface area contributed by atoms with Crippen LogP contribution in [0.3, 0.4) is 0 Å². The molecule has 0 bridgehead atoms. The third-order valence-electron chi connectivity index (χ3n) is 4.44. The monoisotopic (exact) mass is 350 g/mol. The van der Waals surface area contributed by atoms with Gasteiger partial charge in [0.25, 0.3) is 5.56 Å². The van der Waals surface area contributed by atoms with Gasteiger partial charge in [0.2, 0.25) is 0 Å². The zero-order valence-corrected chi connectivity index (χ0v) is 14.5. The van der Waals surface area contributed by atoms with Gasteiger partial charge in [-0.2, -0.15) is 5.10 Å². The maximum Gasteiger partial charge on any atom is 0.314 e. The maximum atomic E-state index is 12.4. The van der Waals surface area contributed by atoms with E-state index < -0.39 is 0 Å². The molecule has 26 heavy (non-hydrogen) atoms. The first-order valence-corrected chi connectivity index (χ1v) is 8.38. The topological polar surface area (TPSA) is 89.9 Å². The Morgan fingerprint density at radius 1 is 1.35 bits per heavy atom. The molecular weight excluding hydrogens is 332 g/mol. The Morgan fingerprint density at radius 3 is 2.92 bits per heavy atom. The van der Waals surface area contributed by atoms with Gasteiger partial charge in [-0.1, -0.05) is 12.1 Å². The summed E-state index contributed by atoms with van der Waals surface area (Å²) in [4.78, 5) is 31.0. The molecule has 132 valence electrons. The van der Waals surface area contributed by atoms with E-state index in [4.69, 9.17) is 4.74 Å². The number of ether oxygens (including phenoxy) is 1. The highest BCUT2D eigenvalue weighted by Crippen LogP contribution is 2.48. The molecule has 0 saturated heterocycles. The maximum absolute atomic E-state index is 12.4. The number of H-pyrrole nitrogens is 1. The van der Waals surface area contributed by atoms with Crippen molar-refractivity contribution in [3.63, 3.8) is 0 Å². The molecule has 0 aliphatic heterocycles. The van der Waals surface area contributed by atoms with Crippen molar-refractivity contribution in [2.75, 3.05) is 0 Å². The van der Waals surface area contributed by atoms with Gasteiger partial charge in [0, 0.05) is 36.5 Å². The molecule has 7 nitrogen and oxygen atoms in total. The second-order valence-electron chi connectivity index (χ2n) is 6.58. The van der Waals surface area contributed by atoms with Crippen molar-refractivity contribution in [1.82, 2.24) is 19.7 Å². The van der Waals surface area contributed by atoms with Crippen LogP contribution < -0.4 is 10.3 Å². The molecule has 1 aromatic carbocycles. The Balaban J connectivity index is 1.49. The first-order valence-electron chi connectivity index (χ1n) is 8.38. The molecule has 1 N–H and O–H groups in total. The van der Waals surface area contributed by atoms with E-state index in [-0.39, 0.29) is 23.4 Å². The van der Waals surface area contributed by atoms with Gasteiger partial charge in [0.1, 0.15) is 11.6 Å². The SMILES string of the molecule is Cc1cc(=O)[nH]c(-c2cccc(OC(=O)[C@H]3C[C@@H]3c3cnn(C)c3)c2)n1. The summed E-state index contributed by atoms with van der Waals surface area (Å²) >= 11 is 0. The fourth-order valence-corrected chi connectivity index (χ4v) is 3.07. The molecule has 1 saturated carbocycles. The van der Waals surface area contributed by atoms with Crippen molar-refractivity contribution in [2.45, 2.75) is 19.3 Å². The third-order valence-corrected chi connectivity index (χ3v) is 4.44. The van der Waals surface area contributed by atoms with Crippen LogP contribution in [0, 0.1) is 12.8 Å². The van der Waals surface area contributed by atoms with Crippen LogP contribution in [0.25, 0.3) is 11.4 Å². The number of carbonyl (C=O) groups excluding carboxylic acids is 1. The number of aromatic nitrogens is 4. The predicted molar refractivity (Wildman–Crippen MR) is 94.7 cm³/mol. The van der Waals surface area contributed by atoms with Crippen LogP contribution in [-0.2, 0) is 11.8 Å². The van der Waals surface area contributed by atoms with Gasteiger partial charge in [-0.25, -0.2) is 4.98 Å². The lowest BCUT2D eigenvalue weighted by Crippen LogP contribution is -2.11. The number of esters is 1. The molecular formula is C19H18N4O3. The van der Waals surface area contributed by atoms with Crippen LogP contribution in [0.2, 0.25) is 0 Å². The van der Waals surface area contributed by atoms with Gasteiger partial charge < -0.3 is 9.72 Å². The van der Waals surface area contributed by atoms with Crippen molar-refractivity contribution < 1.29 is 9.53 Å². The number of carbonyl (C=O) groups is 1. The summed E-state index contributed by atoms with van der Waals surface area (Å²) in [7, 11) is 1.86. The Labute approximate surface area is 149 Å². The van der Waals surface area contributed by atoms with Crippen LogP contribution in [0.4, 0.5) is 0 Å². The van der Waals surface area contributed by atoms with E-state index in [9.17, 15) is 9.59 Å². The summed E-state index contributed by atoms with van der Waals surface area (Å²) in [6.45, 7) is 1.76. The summed E-state index contributed by atoms with van der Waals surface area (Å²) in [6, 6.07) is 8.43. The molecule has 0 unspecified atom stereocenters. The van der Waals surface area contributed by atoms with Crippen molar-refractivity contribution in [3.05, 3.63) is 64.3 Å². The predicted octanol–water partition coefficient (Wildman–Crippen LogP) is 2.19. The van der Waals surface area contributed by atoms with Crippen LogP contribution in [-0.4, -0.2) is 25.7 Å². The quantitative estimate of drug-likeness (QED) is 0.575. The van der Waals surface area contributed by atoms with Crippen molar-refractivity contribution in [3.8, 4) is 17.1 Å². The number of nitrogens with zero attached hydrogens (tertiary/aromatic N) is 3. The Hall–Kier alpha value is -3.22. The van der Waals surface area contributed by atoms with E-state index in [2.05, 4.69) is 15.1 Å². The average molecular weight is 350 g/mol. The molecule has 0 spiro atoms. The Bertz CT molecular complexity index is 1040. The molecule has 2 atom stereocenters. The van der Waals surface area contributed by atoms with Gasteiger partial charge in [0.05, 0.1) is 12.1 Å². The summed E-state index contributed by atoms with van der Waals surface area (Å²) < 4.78 is 7.26. The first kappa shape index (κ1) is 16.3. The van der Waals surface area contributed by atoms with Gasteiger partial charge in [-0.3, -0.25) is 14.3 Å². The lowest BCUT2D eigenvalue weighted by atomic mass is 10.2. The summed E-state index contributed by atoms with van der Waals surface area (Å²) in [5.41, 5.74) is 2.16. The largest absolute Gasteiger partial charge is 0.426 e. The second kappa shape index (κ2) is 6.25. The molecule has 1 fully saturated rings. The summed E-state index contributed by atoms with van der Waals surface area (Å²) in [5, 5.41) is 4.14. The zero-order chi connectivity index (χ0) is 18.3. The number of rotatable bonds is 4. The zero-order valence-electron chi connectivity index (χ0n) is 14.5. The smallest absolute Gasteiger partial charge is 0.314 e. The normalized spacial score (nSPS) is 18.5. The number of hydrogen-bond acceptors (Lipinski definition) is 5. The van der Waals surface area contributed by atoms with Crippen molar-refractivity contribution in [2.24, 2.45) is 13.0 Å². The highest BCUT2D eigenvalue weighted by Gasteiger charge is 2.46. The van der Waals surface area contributed by atoms with Gasteiger partial charge >= 0.3 is 5.97 Å². The van der Waals surface area contributed by atoms with E-state index in [1.54, 1.807) is 36.0 Å². The minimum Gasteiger partial charge on any atom is -0.426 e. The molecule has 1 aliphatic rings. The van der Waals surface area contributed by atoms with Gasteiger partial charge in [-0.15, -0.1) is 0 Å². The molecule has 0 amide bonds. The molecule has 1 aliphatic carbocycles. The lowest BCUT2D eigenvalue weighted by Gasteiger charge is -2.06. The van der Waals surface area contributed by atoms with Crippen LogP contribution in [0.15, 0.2) is 47.5 Å². The van der Waals surface area contributed by atoms with Crippen molar-refractivity contribution >= 4 is 5.97 Å². The molecule has 2 heterocycles. The molecule has 2 aromatic heterocycles. The van der Waals surface area contributed by atoms with E-state index in [1.807, 2.05) is 19.3 Å². The highest BCUT2D eigenvalue weighted by molar-refractivity contribution is 5.80. The van der Waals surface area contributed by atoms with Crippen LogP contribution in [0.1, 0.15) is 23.6 Å². The lowest BCUT2D eigenvalue weighted by molar-refractivity contribution is -0.135. The molecule has 0 radical (unpaired) electrons. The number of aromatic amines is 1. The van der Waals surface area contributed by atoms with Crippen LogP contribution in [0.5, 0.6) is 5.75 Å². The standard InChI is InChI=1S/C19H18N4O3/c1-11-6-17(24)22-18(21-11)12-4-3-5-14(7-12)26-19(25)16-8-15(16)13-9-20-23(2)10-13/h3-7,9-10,15-16H,8H2,1-2H3,(H,21,22,24)/t15-,16+/m1/s1. The second-order valence-corrected chi connectivity index (χ2v) is 6.58. The third kappa shape index (κ3) is 3.28. The fourth-order valence-electron chi connectivity index (χ4n) is 3.07. The van der Waals surface area contributed by atoms with E-state index in [1.165, 1.54) is 6.07 Å². The number of nitrogens with one attached hydrogen (secondary N) is 1. The van der Waals surface area contributed by atoms with E-state index >= 15 is 0 Å². The highest BCUT2D eigenvalue weighted by atomic mass is 16.5. The minimum absolute atomic E-state index is 0.139. The van der Waals surface area contributed by atoms with Gasteiger partial charge in [-0.05, 0) is 31.0 Å². The average Bonchev–Trinajstić information content (AvgIpc) is 3.29. The Kier molecular flexibility index (Phi) is 3.91. The van der Waals surface area contributed by atoms with Gasteiger partial charge in [0.15, 0.2) is 0 Å².